The highest BCUT2D eigenvalue weighted by molar-refractivity contribution is 7.18. The number of hydrogen-bond donors (Lipinski definition) is 1. The average molecular weight is 411 g/mol. The van der Waals surface area contributed by atoms with E-state index in [1.54, 1.807) is 11.3 Å². The number of nitrogens with zero attached hydrogens (tertiary/aromatic N) is 1. The number of rotatable bonds is 6. The number of esters is 1. The Hall–Kier alpha value is -2.47. The summed E-state index contributed by atoms with van der Waals surface area (Å²) in [5.74, 6) is 0.748. The van der Waals surface area contributed by atoms with E-state index in [1.165, 1.54) is 22.4 Å². The van der Waals surface area contributed by atoms with Gasteiger partial charge >= 0.3 is 5.97 Å². The van der Waals surface area contributed by atoms with Crippen molar-refractivity contribution < 1.29 is 9.53 Å². The maximum atomic E-state index is 12.6. The van der Waals surface area contributed by atoms with Crippen LogP contribution < -0.4 is 5.56 Å². The molecule has 2 aromatic heterocycles. The number of benzene rings is 1. The number of ether oxygens (including phenoxy) is 1. The summed E-state index contributed by atoms with van der Waals surface area (Å²) >= 11 is 1.63. The third kappa shape index (κ3) is 4.42. The predicted octanol–water partition coefficient (Wildman–Crippen LogP) is 4.66. The van der Waals surface area contributed by atoms with Crippen molar-refractivity contribution in [1.29, 1.82) is 0 Å². The van der Waals surface area contributed by atoms with Crippen LogP contribution in [0.1, 0.15) is 66.4 Å². The Balaban J connectivity index is 1.36. The van der Waals surface area contributed by atoms with Gasteiger partial charge in [-0.2, -0.15) is 0 Å². The molecule has 5 nitrogen and oxygen atoms in total. The second kappa shape index (κ2) is 8.49. The number of thiophene rings is 1. The molecule has 29 heavy (non-hydrogen) atoms. The molecular formula is C23H26N2O3S. The smallest absolute Gasteiger partial charge is 0.306 e. The van der Waals surface area contributed by atoms with E-state index in [1.807, 2.05) is 12.1 Å². The van der Waals surface area contributed by atoms with E-state index in [9.17, 15) is 9.59 Å². The third-order valence-electron chi connectivity index (χ3n) is 5.49. The monoisotopic (exact) mass is 410 g/mol. The lowest BCUT2D eigenvalue weighted by Crippen LogP contribution is -2.14. The molecule has 0 fully saturated rings. The molecule has 1 N–H and O–H groups in total. The van der Waals surface area contributed by atoms with Crippen LogP contribution in [0.15, 0.2) is 29.1 Å². The number of aryl methyl sites for hydroxylation is 3. The van der Waals surface area contributed by atoms with Crippen LogP contribution >= 0.6 is 11.3 Å². The van der Waals surface area contributed by atoms with Gasteiger partial charge in [0.05, 0.1) is 11.8 Å². The van der Waals surface area contributed by atoms with Crippen molar-refractivity contribution >= 4 is 27.5 Å². The van der Waals surface area contributed by atoms with Gasteiger partial charge in [0, 0.05) is 11.3 Å². The zero-order valence-corrected chi connectivity index (χ0v) is 17.7. The molecule has 1 aliphatic carbocycles. The number of carbonyl (C=O) groups is 1. The number of H-pyrrole nitrogens is 1. The number of nitrogens with one attached hydrogen (secondary N) is 1. The summed E-state index contributed by atoms with van der Waals surface area (Å²) in [7, 11) is 0. The summed E-state index contributed by atoms with van der Waals surface area (Å²) < 4.78 is 5.38. The fourth-order valence-electron chi connectivity index (χ4n) is 3.78. The second-order valence-electron chi connectivity index (χ2n) is 7.96. The summed E-state index contributed by atoms with van der Waals surface area (Å²) in [6, 6.07) is 8.12. The number of fused-ring (bicyclic) bond motifs is 3. The maximum absolute atomic E-state index is 12.6. The molecule has 0 unspecified atom stereocenters. The predicted molar refractivity (Wildman–Crippen MR) is 116 cm³/mol. The van der Waals surface area contributed by atoms with Crippen LogP contribution in [0, 0.1) is 0 Å². The van der Waals surface area contributed by atoms with Crippen LogP contribution in [-0.2, 0) is 35.4 Å². The fourth-order valence-corrected chi connectivity index (χ4v) is 5.06. The van der Waals surface area contributed by atoms with Gasteiger partial charge in [-0.15, -0.1) is 11.3 Å². The second-order valence-corrected chi connectivity index (χ2v) is 9.04. The van der Waals surface area contributed by atoms with Crippen LogP contribution in [0.25, 0.3) is 10.2 Å². The van der Waals surface area contributed by atoms with Crippen LogP contribution in [-0.4, -0.2) is 15.9 Å². The van der Waals surface area contributed by atoms with Gasteiger partial charge in [0.1, 0.15) is 17.3 Å². The van der Waals surface area contributed by atoms with Gasteiger partial charge in [-0.05, 0) is 48.3 Å². The molecule has 1 aliphatic rings. The first-order chi connectivity index (χ1) is 14.0. The molecule has 0 atom stereocenters. The van der Waals surface area contributed by atoms with Gasteiger partial charge in [0.15, 0.2) is 0 Å². The standard InChI is InChI=1S/C23H26N2O3S/c1-14(2)16-9-7-15(8-10-16)13-28-20(26)12-11-19-24-22(27)21-17-5-3-4-6-18(17)29-23(21)25-19/h7-10,14H,3-6,11-13H2,1-2H3,(H,24,25,27). The molecule has 1 aromatic carbocycles. The number of carbonyl (C=O) groups excluding carboxylic acids is 1. The van der Waals surface area contributed by atoms with Crippen molar-refractivity contribution in [2.75, 3.05) is 0 Å². The van der Waals surface area contributed by atoms with E-state index in [-0.39, 0.29) is 24.6 Å². The molecule has 6 heteroatoms. The summed E-state index contributed by atoms with van der Waals surface area (Å²) in [4.78, 5) is 34.3. The lowest BCUT2D eigenvalue weighted by molar-refractivity contribution is -0.144. The third-order valence-corrected chi connectivity index (χ3v) is 6.67. The lowest BCUT2D eigenvalue weighted by atomic mass is 9.97. The van der Waals surface area contributed by atoms with E-state index >= 15 is 0 Å². The van der Waals surface area contributed by atoms with E-state index in [0.29, 0.717) is 18.2 Å². The Morgan fingerprint density at radius 3 is 2.72 bits per heavy atom. The van der Waals surface area contributed by atoms with Crippen LogP contribution in [0.3, 0.4) is 0 Å². The van der Waals surface area contributed by atoms with Crippen LogP contribution in [0.4, 0.5) is 0 Å². The molecule has 4 rings (SSSR count). The number of aromatic amines is 1. The largest absolute Gasteiger partial charge is 0.461 e. The maximum Gasteiger partial charge on any atom is 0.306 e. The number of aromatic nitrogens is 2. The van der Waals surface area contributed by atoms with E-state index in [0.717, 1.165) is 35.0 Å². The van der Waals surface area contributed by atoms with Gasteiger partial charge in [-0.3, -0.25) is 9.59 Å². The van der Waals surface area contributed by atoms with Gasteiger partial charge in [0.2, 0.25) is 0 Å². The molecule has 0 amide bonds. The highest BCUT2D eigenvalue weighted by Gasteiger charge is 2.20. The van der Waals surface area contributed by atoms with Crippen LogP contribution in [0.2, 0.25) is 0 Å². The Bertz CT molecular complexity index is 1080. The molecule has 0 aliphatic heterocycles. The highest BCUT2D eigenvalue weighted by Crippen LogP contribution is 2.33. The minimum atomic E-state index is -0.286. The van der Waals surface area contributed by atoms with E-state index in [4.69, 9.17) is 4.74 Å². The fraction of sp³-hybridized carbons (Fsp3) is 0.435. The van der Waals surface area contributed by atoms with E-state index in [2.05, 4.69) is 35.9 Å². The minimum absolute atomic E-state index is 0.0805. The minimum Gasteiger partial charge on any atom is -0.461 e. The first kappa shape index (κ1) is 19.8. The summed E-state index contributed by atoms with van der Waals surface area (Å²) in [5, 5.41) is 0.751. The zero-order valence-electron chi connectivity index (χ0n) is 16.9. The lowest BCUT2D eigenvalue weighted by Gasteiger charge is -2.09. The van der Waals surface area contributed by atoms with Crippen molar-refractivity contribution in [3.8, 4) is 0 Å². The first-order valence-corrected chi connectivity index (χ1v) is 11.1. The van der Waals surface area contributed by atoms with Crippen molar-refractivity contribution in [2.24, 2.45) is 0 Å². The van der Waals surface area contributed by atoms with Crippen molar-refractivity contribution in [1.82, 2.24) is 9.97 Å². The van der Waals surface area contributed by atoms with Gasteiger partial charge in [-0.1, -0.05) is 38.1 Å². The molecule has 152 valence electrons. The Morgan fingerprint density at radius 2 is 1.97 bits per heavy atom. The highest BCUT2D eigenvalue weighted by atomic mass is 32.1. The Labute approximate surface area is 174 Å². The summed E-state index contributed by atoms with van der Waals surface area (Å²) in [6.45, 7) is 4.56. The van der Waals surface area contributed by atoms with Crippen molar-refractivity contribution in [3.05, 3.63) is 62.0 Å². The first-order valence-electron chi connectivity index (χ1n) is 10.3. The van der Waals surface area contributed by atoms with Gasteiger partial charge in [0.25, 0.3) is 5.56 Å². The molecule has 0 bridgehead atoms. The van der Waals surface area contributed by atoms with Gasteiger partial charge in [-0.25, -0.2) is 4.98 Å². The molecule has 0 spiro atoms. The van der Waals surface area contributed by atoms with Crippen LogP contribution in [0.5, 0.6) is 0 Å². The van der Waals surface area contributed by atoms with Gasteiger partial charge < -0.3 is 9.72 Å². The molecule has 0 saturated heterocycles. The molecular weight excluding hydrogens is 384 g/mol. The van der Waals surface area contributed by atoms with E-state index < -0.39 is 0 Å². The quantitative estimate of drug-likeness (QED) is 0.600. The Kier molecular flexibility index (Phi) is 5.81. The molecule has 3 aromatic rings. The molecule has 0 radical (unpaired) electrons. The summed E-state index contributed by atoms with van der Waals surface area (Å²) in [5.41, 5.74) is 3.34. The Morgan fingerprint density at radius 1 is 1.21 bits per heavy atom. The molecule has 0 saturated carbocycles. The zero-order chi connectivity index (χ0) is 20.4. The molecule has 2 heterocycles. The SMILES string of the molecule is CC(C)c1ccc(COC(=O)CCc2nc3sc4c(c3c(=O)[nH]2)CCCC4)cc1. The van der Waals surface area contributed by atoms with Crippen molar-refractivity contribution in [3.63, 3.8) is 0 Å². The summed E-state index contributed by atoms with van der Waals surface area (Å²) in [6.07, 6.45) is 4.88. The topological polar surface area (TPSA) is 72.0 Å². The number of hydrogen-bond acceptors (Lipinski definition) is 5. The average Bonchev–Trinajstić information content (AvgIpc) is 3.10. The normalized spacial score (nSPS) is 13.6. The van der Waals surface area contributed by atoms with Crippen molar-refractivity contribution in [2.45, 2.75) is 64.9 Å².